The van der Waals surface area contributed by atoms with E-state index < -0.39 is 10.0 Å². The van der Waals surface area contributed by atoms with Gasteiger partial charge in [0.25, 0.3) is 5.91 Å². The van der Waals surface area contributed by atoms with Gasteiger partial charge in [0, 0.05) is 29.8 Å². The standard InChI is InChI=1S/C19H21N3O3S3/c1-12(2)26-14-7-5-13(6-8-14)18(23)21-19-20-16-10-9-15(11-17(16)27-19)28(24,25)22(3)4/h5-12H,1-4H3,(H,20,21,23). The van der Waals surface area contributed by atoms with Gasteiger partial charge in [0.15, 0.2) is 5.13 Å². The first-order valence-corrected chi connectivity index (χ1v) is 11.7. The minimum Gasteiger partial charge on any atom is -0.298 e. The van der Waals surface area contributed by atoms with E-state index in [4.69, 9.17) is 0 Å². The predicted octanol–water partition coefficient (Wildman–Crippen LogP) is 4.30. The Morgan fingerprint density at radius 3 is 2.43 bits per heavy atom. The quantitative estimate of drug-likeness (QED) is 0.584. The fourth-order valence-electron chi connectivity index (χ4n) is 2.46. The molecule has 0 unspecified atom stereocenters. The highest BCUT2D eigenvalue weighted by Gasteiger charge is 2.19. The van der Waals surface area contributed by atoms with Gasteiger partial charge in [-0.15, -0.1) is 11.8 Å². The molecule has 0 fully saturated rings. The van der Waals surface area contributed by atoms with E-state index >= 15 is 0 Å². The number of amides is 1. The van der Waals surface area contributed by atoms with Gasteiger partial charge < -0.3 is 0 Å². The second kappa shape index (κ2) is 8.20. The van der Waals surface area contributed by atoms with E-state index in [1.165, 1.54) is 35.8 Å². The van der Waals surface area contributed by atoms with Crippen molar-refractivity contribution >= 4 is 54.4 Å². The molecule has 3 rings (SSSR count). The third-order valence-electron chi connectivity index (χ3n) is 3.85. The molecule has 6 nitrogen and oxygen atoms in total. The largest absolute Gasteiger partial charge is 0.298 e. The minimum atomic E-state index is -3.52. The minimum absolute atomic E-state index is 0.199. The number of benzene rings is 2. The molecule has 0 atom stereocenters. The lowest BCUT2D eigenvalue weighted by Crippen LogP contribution is -2.22. The molecule has 1 amide bonds. The third kappa shape index (κ3) is 4.54. The van der Waals surface area contributed by atoms with Crippen LogP contribution in [0.3, 0.4) is 0 Å². The number of thiazole rings is 1. The molecular weight excluding hydrogens is 414 g/mol. The molecule has 3 aromatic rings. The number of sulfonamides is 1. The van der Waals surface area contributed by atoms with Crippen LogP contribution < -0.4 is 5.32 Å². The molecule has 1 aromatic heterocycles. The van der Waals surface area contributed by atoms with Crippen LogP contribution in [0.25, 0.3) is 10.2 Å². The zero-order valence-corrected chi connectivity index (χ0v) is 18.4. The van der Waals surface area contributed by atoms with Crippen LogP contribution in [0.15, 0.2) is 52.3 Å². The lowest BCUT2D eigenvalue weighted by atomic mass is 10.2. The highest BCUT2D eigenvalue weighted by atomic mass is 32.2. The molecule has 0 spiro atoms. The molecule has 0 saturated carbocycles. The summed E-state index contributed by atoms with van der Waals surface area (Å²) in [5, 5.41) is 3.70. The first kappa shape index (κ1) is 20.8. The van der Waals surface area contributed by atoms with Crippen molar-refractivity contribution < 1.29 is 13.2 Å². The Balaban J connectivity index is 1.80. The Labute approximate surface area is 173 Å². The van der Waals surface area contributed by atoms with E-state index in [9.17, 15) is 13.2 Å². The number of hydrogen-bond acceptors (Lipinski definition) is 6. The molecule has 0 bridgehead atoms. The van der Waals surface area contributed by atoms with Gasteiger partial charge in [-0.1, -0.05) is 25.2 Å². The summed E-state index contributed by atoms with van der Waals surface area (Å²) in [5.41, 5.74) is 1.19. The number of thioether (sulfide) groups is 1. The van der Waals surface area contributed by atoms with Crippen molar-refractivity contribution in [3.8, 4) is 0 Å². The predicted molar refractivity (Wildman–Crippen MR) is 116 cm³/mol. The van der Waals surface area contributed by atoms with Gasteiger partial charge in [-0.25, -0.2) is 17.7 Å². The topological polar surface area (TPSA) is 79.4 Å². The Bertz CT molecular complexity index is 1100. The highest BCUT2D eigenvalue weighted by molar-refractivity contribution is 7.99. The van der Waals surface area contributed by atoms with Crippen molar-refractivity contribution in [3.05, 3.63) is 48.0 Å². The van der Waals surface area contributed by atoms with E-state index in [0.717, 1.165) is 4.90 Å². The summed E-state index contributed by atoms with van der Waals surface area (Å²) in [5.74, 6) is -0.249. The number of nitrogens with one attached hydrogen (secondary N) is 1. The van der Waals surface area contributed by atoms with Gasteiger partial charge in [0.1, 0.15) is 0 Å². The van der Waals surface area contributed by atoms with Crippen LogP contribution in [0, 0.1) is 0 Å². The Morgan fingerprint density at radius 2 is 1.82 bits per heavy atom. The van der Waals surface area contributed by atoms with Crippen LogP contribution in [0.2, 0.25) is 0 Å². The van der Waals surface area contributed by atoms with Gasteiger partial charge in [-0.2, -0.15) is 0 Å². The van der Waals surface area contributed by atoms with Crippen molar-refractivity contribution in [2.75, 3.05) is 19.4 Å². The van der Waals surface area contributed by atoms with Gasteiger partial charge in [-0.05, 0) is 42.5 Å². The second-order valence-corrected chi connectivity index (χ2v) is 11.4. The number of fused-ring (bicyclic) bond motifs is 1. The number of anilines is 1. The van der Waals surface area contributed by atoms with Crippen LogP contribution >= 0.6 is 23.1 Å². The van der Waals surface area contributed by atoms with Crippen LogP contribution in [-0.4, -0.2) is 43.0 Å². The second-order valence-electron chi connectivity index (χ2n) is 6.58. The Hall–Kier alpha value is -1.94. The number of rotatable bonds is 6. The summed E-state index contributed by atoms with van der Waals surface area (Å²) < 4.78 is 26.4. The first-order chi connectivity index (χ1) is 13.2. The maximum Gasteiger partial charge on any atom is 0.257 e. The van der Waals surface area contributed by atoms with Crippen molar-refractivity contribution in [1.29, 1.82) is 0 Å². The van der Waals surface area contributed by atoms with Crippen molar-refractivity contribution in [1.82, 2.24) is 9.29 Å². The molecule has 0 saturated heterocycles. The normalized spacial score (nSPS) is 12.1. The molecule has 1 N–H and O–H groups in total. The summed E-state index contributed by atoms with van der Waals surface area (Å²) in [4.78, 5) is 18.2. The number of carbonyl (C=O) groups is 1. The Kier molecular flexibility index (Phi) is 6.09. The van der Waals surface area contributed by atoms with Crippen LogP contribution in [0.1, 0.15) is 24.2 Å². The van der Waals surface area contributed by atoms with E-state index in [2.05, 4.69) is 24.1 Å². The van der Waals surface area contributed by atoms with Gasteiger partial charge >= 0.3 is 0 Å². The molecular formula is C19H21N3O3S3. The fourth-order valence-corrected chi connectivity index (χ4v) is 5.20. The summed E-state index contributed by atoms with van der Waals surface area (Å²) in [7, 11) is -0.537. The SMILES string of the molecule is CC(C)Sc1ccc(C(=O)Nc2nc3ccc(S(=O)(=O)N(C)C)cc3s2)cc1. The van der Waals surface area contributed by atoms with E-state index in [1.807, 2.05) is 12.1 Å². The number of carbonyl (C=O) groups excluding carboxylic acids is 1. The first-order valence-electron chi connectivity index (χ1n) is 8.58. The number of aromatic nitrogens is 1. The maximum atomic E-state index is 12.5. The van der Waals surface area contributed by atoms with Gasteiger partial charge in [0.2, 0.25) is 10.0 Å². The van der Waals surface area contributed by atoms with Crippen LogP contribution in [-0.2, 0) is 10.0 Å². The van der Waals surface area contributed by atoms with Crippen LogP contribution in [0.4, 0.5) is 5.13 Å². The summed E-state index contributed by atoms with van der Waals surface area (Å²) >= 11 is 2.98. The van der Waals surface area contributed by atoms with E-state index in [1.54, 1.807) is 36.0 Å². The zero-order valence-electron chi connectivity index (χ0n) is 16.0. The van der Waals surface area contributed by atoms with Crippen molar-refractivity contribution in [2.45, 2.75) is 28.9 Å². The molecule has 148 valence electrons. The molecule has 0 aliphatic rings. The summed E-state index contributed by atoms with van der Waals surface area (Å²) in [6, 6.07) is 12.2. The monoisotopic (exact) mass is 435 g/mol. The number of nitrogens with zero attached hydrogens (tertiary/aromatic N) is 2. The maximum absolute atomic E-state index is 12.5. The van der Waals surface area contributed by atoms with Crippen LogP contribution in [0.5, 0.6) is 0 Å². The molecule has 0 radical (unpaired) electrons. The van der Waals surface area contributed by atoms with E-state index in [0.29, 0.717) is 26.2 Å². The van der Waals surface area contributed by atoms with Gasteiger partial charge in [-0.3, -0.25) is 10.1 Å². The Morgan fingerprint density at radius 1 is 1.14 bits per heavy atom. The average molecular weight is 436 g/mol. The lowest BCUT2D eigenvalue weighted by molar-refractivity contribution is 0.102. The smallest absolute Gasteiger partial charge is 0.257 e. The molecule has 28 heavy (non-hydrogen) atoms. The molecule has 0 aliphatic heterocycles. The fraction of sp³-hybridized carbons (Fsp3) is 0.263. The molecule has 9 heteroatoms. The van der Waals surface area contributed by atoms with E-state index in [-0.39, 0.29) is 10.8 Å². The molecule has 0 aliphatic carbocycles. The summed E-state index contributed by atoms with van der Waals surface area (Å²) in [6.07, 6.45) is 0. The summed E-state index contributed by atoms with van der Waals surface area (Å²) in [6.45, 7) is 4.24. The number of hydrogen-bond donors (Lipinski definition) is 1. The van der Waals surface area contributed by atoms with Crippen molar-refractivity contribution in [3.63, 3.8) is 0 Å². The average Bonchev–Trinajstić information content (AvgIpc) is 3.02. The zero-order chi connectivity index (χ0) is 20.5. The lowest BCUT2D eigenvalue weighted by Gasteiger charge is -2.10. The molecule has 2 aromatic carbocycles. The highest BCUT2D eigenvalue weighted by Crippen LogP contribution is 2.29. The molecule has 1 heterocycles. The van der Waals surface area contributed by atoms with Crippen molar-refractivity contribution in [2.24, 2.45) is 0 Å². The third-order valence-corrected chi connectivity index (χ3v) is 7.61. The van der Waals surface area contributed by atoms with Gasteiger partial charge in [0.05, 0.1) is 15.1 Å².